The van der Waals surface area contributed by atoms with Crippen molar-refractivity contribution in [2.75, 3.05) is 10.6 Å². The molecule has 1 fully saturated rings. The van der Waals surface area contributed by atoms with Crippen molar-refractivity contribution < 1.29 is 9.59 Å². The van der Waals surface area contributed by atoms with E-state index < -0.39 is 0 Å². The number of carbonyl (C=O) groups excluding carboxylic acids is 2. The van der Waals surface area contributed by atoms with Crippen molar-refractivity contribution in [2.24, 2.45) is 0 Å². The summed E-state index contributed by atoms with van der Waals surface area (Å²) >= 11 is 0. The second-order valence-corrected chi connectivity index (χ2v) is 9.34. The molecule has 0 radical (unpaired) electrons. The number of rotatable bonds is 8. The van der Waals surface area contributed by atoms with Crippen LogP contribution in [-0.4, -0.2) is 42.2 Å². The maximum atomic E-state index is 12.3. The molecule has 4 aromatic rings. The van der Waals surface area contributed by atoms with Crippen LogP contribution < -0.4 is 10.6 Å². The Hall–Kier alpha value is -4.60. The first kappa shape index (κ1) is 25.1. The number of amides is 2. The Morgan fingerprint density at radius 1 is 0.658 bits per heavy atom. The smallest absolute Gasteiger partial charge is 0.231 e. The van der Waals surface area contributed by atoms with Gasteiger partial charge in [-0.2, -0.15) is 10.2 Å². The van der Waals surface area contributed by atoms with E-state index in [1.54, 1.807) is 24.5 Å². The summed E-state index contributed by atoms with van der Waals surface area (Å²) in [5.74, 6) is 0.983. The Labute approximate surface area is 220 Å². The molecule has 38 heavy (non-hydrogen) atoms. The topological polar surface area (TPSA) is 136 Å². The van der Waals surface area contributed by atoms with Gasteiger partial charge in [-0.25, -0.2) is 0 Å². The molecule has 0 aliphatic heterocycles. The Balaban J connectivity index is 1.14. The zero-order chi connectivity index (χ0) is 26.2. The van der Waals surface area contributed by atoms with E-state index in [0.29, 0.717) is 23.0 Å². The summed E-state index contributed by atoms with van der Waals surface area (Å²) in [5.41, 5.74) is 3.21. The van der Waals surface area contributed by atoms with Crippen LogP contribution in [0.1, 0.15) is 60.3 Å². The molecular formula is C28H28N8O2. The van der Waals surface area contributed by atoms with Gasteiger partial charge in [-0.05, 0) is 67.8 Å². The van der Waals surface area contributed by atoms with E-state index >= 15 is 0 Å². The first-order chi connectivity index (χ1) is 18.6. The summed E-state index contributed by atoms with van der Waals surface area (Å²) < 4.78 is 0. The van der Waals surface area contributed by atoms with Crippen LogP contribution in [0.2, 0.25) is 0 Å². The molecule has 0 saturated heterocycles. The van der Waals surface area contributed by atoms with Crippen LogP contribution in [0.15, 0.2) is 73.1 Å². The third-order valence-corrected chi connectivity index (χ3v) is 6.55. The van der Waals surface area contributed by atoms with Crippen molar-refractivity contribution in [3.05, 3.63) is 95.8 Å². The fourth-order valence-corrected chi connectivity index (χ4v) is 4.69. The van der Waals surface area contributed by atoms with Crippen LogP contribution >= 0.6 is 0 Å². The molecule has 4 aromatic heterocycles. The van der Waals surface area contributed by atoms with Crippen LogP contribution in [0, 0.1) is 0 Å². The minimum absolute atomic E-state index is 0.182. The number of hydrogen-bond donors (Lipinski definition) is 2. The summed E-state index contributed by atoms with van der Waals surface area (Å²) in [5, 5.41) is 22.8. The van der Waals surface area contributed by atoms with Crippen LogP contribution in [-0.2, 0) is 22.4 Å². The molecule has 0 bridgehead atoms. The standard InChI is InChI=1S/C28H28N8O2/c37-27(17-21-8-1-3-14-29-21)31-25-12-10-23(33-35-25)19-6-5-7-20(16-19)24-11-13-26(36-34-24)32-28(38)18-22-9-2-4-15-30-22/h1-4,8-15,19-20H,5-7,16-18H2,(H,31,35,37)(H,32,36,38). The van der Waals surface area contributed by atoms with Gasteiger partial charge in [-0.15, -0.1) is 10.2 Å². The first-order valence-electron chi connectivity index (χ1n) is 12.7. The van der Waals surface area contributed by atoms with Gasteiger partial charge in [0.15, 0.2) is 11.6 Å². The van der Waals surface area contributed by atoms with Crippen molar-refractivity contribution in [1.29, 1.82) is 0 Å². The number of anilines is 2. The fourth-order valence-electron chi connectivity index (χ4n) is 4.69. The quantitative estimate of drug-likeness (QED) is 0.366. The Kier molecular flexibility index (Phi) is 7.98. The molecule has 1 saturated carbocycles. The number of nitrogens with zero attached hydrogens (tertiary/aromatic N) is 6. The van der Waals surface area contributed by atoms with Gasteiger partial charge in [0.05, 0.1) is 24.2 Å². The van der Waals surface area contributed by atoms with Crippen molar-refractivity contribution >= 4 is 23.5 Å². The highest BCUT2D eigenvalue weighted by atomic mass is 16.2. The predicted molar refractivity (Wildman–Crippen MR) is 141 cm³/mol. The van der Waals surface area contributed by atoms with Crippen LogP contribution in [0.3, 0.4) is 0 Å². The Bertz CT molecular complexity index is 1240. The second-order valence-electron chi connectivity index (χ2n) is 9.34. The molecule has 10 heteroatoms. The Morgan fingerprint density at radius 2 is 1.16 bits per heavy atom. The maximum Gasteiger partial charge on any atom is 0.231 e. The molecule has 10 nitrogen and oxygen atoms in total. The lowest BCUT2D eigenvalue weighted by Gasteiger charge is -2.28. The predicted octanol–water partition coefficient (Wildman–Crippen LogP) is 3.86. The third-order valence-electron chi connectivity index (χ3n) is 6.55. The average molecular weight is 509 g/mol. The highest BCUT2D eigenvalue weighted by Crippen LogP contribution is 2.40. The number of hydrogen-bond acceptors (Lipinski definition) is 8. The normalized spacial score (nSPS) is 16.9. The summed E-state index contributed by atoms with van der Waals surface area (Å²) in [7, 11) is 0. The van der Waals surface area contributed by atoms with Crippen molar-refractivity contribution in [3.8, 4) is 0 Å². The van der Waals surface area contributed by atoms with Crippen molar-refractivity contribution in [3.63, 3.8) is 0 Å². The number of aromatic nitrogens is 6. The summed E-state index contributed by atoms with van der Waals surface area (Å²) in [6, 6.07) is 18.4. The lowest BCUT2D eigenvalue weighted by Crippen LogP contribution is -2.19. The van der Waals surface area contributed by atoms with E-state index in [1.807, 2.05) is 48.5 Å². The van der Waals surface area contributed by atoms with Crippen LogP contribution in [0.25, 0.3) is 0 Å². The largest absolute Gasteiger partial charge is 0.309 e. The Morgan fingerprint density at radius 3 is 1.55 bits per heavy atom. The lowest BCUT2D eigenvalue weighted by atomic mass is 9.78. The summed E-state index contributed by atoms with van der Waals surface area (Å²) in [6.07, 6.45) is 7.67. The summed E-state index contributed by atoms with van der Waals surface area (Å²) in [4.78, 5) is 32.9. The molecule has 2 N–H and O–H groups in total. The van der Waals surface area contributed by atoms with Gasteiger partial charge in [0.2, 0.25) is 11.8 Å². The molecule has 0 aromatic carbocycles. The first-order valence-corrected chi connectivity index (χ1v) is 12.7. The molecule has 2 amide bonds. The van der Waals surface area contributed by atoms with Crippen molar-refractivity contribution in [2.45, 2.75) is 50.4 Å². The van der Waals surface area contributed by atoms with Gasteiger partial charge in [0, 0.05) is 35.6 Å². The molecule has 5 rings (SSSR count). The zero-order valence-electron chi connectivity index (χ0n) is 20.8. The second kappa shape index (κ2) is 12.1. The van der Waals surface area contributed by atoms with Gasteiger partial charge in [0.25, 0.3) is 0 Å². The molecule has 0 spiro atoms. The fraction of sp³-hybridized carbons (Fsp3) is 0.286. The summed E-state index contributed by atoms with van der Waals surface area (Å²) in [6.45, 7) is 0. The number of pyridine rings is 2. The molecule has 2 unspecified atom stereocenters. The van der Waals surface area contributed by atoms with Gasteiger partial charge in [-0.1, -0.05) is 18.6 Å². The molecule has 4 heterocycles. The van der Waals surface area contributed by atoms with E-state index in [1.165, 1.54) is 0 Å². The maximum absolute atomic E-state index is 12.3. The third kappa shape index (κ3) is 6.78. The van der Waals surface area contributed by atoms with E-state index in [0.717, 1.165) is 37.1 Å². The molecule has 1 aliphatic rings. The van der Waals surface area contributed by atoms with Crippen LogP contribution in [0.5, 0.6) is 0 Å². The van der Waals surface area contributed by atoms with E-state index in [4.69, 9.17) is 0 Å². The van der Waals surface area contributed by atoms with E-state index in [2.05, 4.69) is 41.0 Å². The van der Waals surface area contributed by atoms with E-state index in [-0.39, 0.29) is 36.5 Å². The number of carbonyl (C=O) groups is 2. The molecule has 2 atom stereocenters. The minimum Gasteiger partial charge on any atom is -0.309 e. The lowest BCUT2D eigenvalue weighted by molar-refractivity contribution is -0.116. The van der Waals surface area contributed by atoms with Gasteiger partial charge in [0.1, 0.15) is 0 Å². The SMILES string of the molecule is O=C(Cc1ccccn1)Nc1ccc(C2CCCC(c3ccc(NC(=O)Cc4ccccn4)nn3)C2)nn1. The minimum atomic E-state index is -0.182. The zero-order valence-corrected chi connectivity index (χ0v) is 20.8. The van der Waals surface area contributed by atoms with Crippen LogP contribution in [0.4, 0.5) is 11.6 Å². The highest BCUT2D eigenvalue weighted by Gasteiger charge is 2.27. The molecule has 1 aliphatic carbocycles. The highest BCUT2D eigenvalue weighted by molar-refractivity contribution is 5.91. The average Bonchev–Trinajstić information content (AvgIpc) is 2.95. The molecule has 192 valence electrons. The number of nitrogens with one attached hydrogen (secondary N) is 2. The van der Waals surface area contributed by atoms with Gasteiger partial charge < -0.3 is 10.6 Å². The monoisotopic (exact) mass is 508 g/mol. The van der Waals surface area contributed by atoms with Gasteiger partial charge in [-0.3, -0.25) is 19.6 Å². The van der Waals surface area contributed by atoms with Gasteiger partial charge >= 0.3 is 0 Å². The van der Waals surface area contributed by atoms with Crippen molar-refractivity contribution in [1.82, 2.24) is 30.4 Å². The van der Waals surface area contributed by atoms with E-state index in [9.17, 15) is 9.59 Å². The molecular weight excluding hydrogens is 480 g/mol.